The maximum atomic E-state index is 12.0. The summed E-state index contributed by atoms with van der Waals surface area (Å²) in [5.74, 6) is -0.747. The quantitative estimate of drug-likeness (QED) is 0.473. The Morgan fingerprint density at radius 1 is 1.12 bits per heavy atom. The molecular formula is C17H17N2O4S2-. The number of hydrogen-bond donors (Lipinski definition) is 1. The molecule has 8 heteroatoms. The molecule has 0 aliphatic carbocycles. The minimum atomic E-state index is -4.00. The molecule has 2 aromatic rings. The Balaban J connectivity index is 1.95. The average Bonchev–Trinajstić information content (AvgIpc) is 2.54. The van der Waals surface area contributed by atoms with Crippen LogP contribution in [-0.4, -0.2) is 26.0 Å². The summed E-state index contributed by atoms with van der Waals surface area (Å²) in [7, 11) is -4.00. The second-order valence-electron chi connectivity index (χ2n) is 5.26. The molecule has 0 spiro atoms. The predicted molar refractivity (Wildman–Crippen MR) is 97.3 cm³/mol. The van der Waals surface area contributed by atoms with Gasteiger partial charge in [-0.1, -0.05) is 17.7 Å². The Morgan fingerprint density at radius 3 is 2.28 bits per heavy atom. The molecule has 2 rings (SSSR count). The lowest BCUT2D eigenvalue weighted by molar-refractivity contribution is -0.215. The van der Waals surface area contributed by atoms with Crippen LogP contribution in [0.4, 0.5) is 5.69 Å². The van der Waals surface area contributed by atoms with Crippen molar-refractivity contribution in [2.24, 2.45) is 4.40 Å². The van der Waals surface area contributed by atoms with Crippen LogP contribution < -0.4 is 10.4 Å². The molecule has 0 aliphatic heterocycles. The van der Waals surface area contributed by atoms with Gasteiger partial charge in [0.25, 0.3) is 10.0 Å². The van der Waals surface area contributed by atoms with E-state index in [1.165, 1.54) is 36.0 Å². The van der Waals surface area contributed by atoms with Crippen LogP contribution in [0.3, 0.4) is 0 Å². The Kier molecular flexibility index (Phi) is 6.22. The summed E-state index contributed by atoms with van der Waals surface area (Å²) in [6.07, 6.45) is 0. The highest BCUT2D eigenvalue weighted by Gasteiger charge is 2.12. The van der Waals surface area contributed by atoms with E-state index in [1.54, 1.807) is 0 Å². The van der Waals surface area contributed by atoms with Crippen LogP contribution in [0.2, 0.25) is 0 Å². The van der Waals surface area contributed by atoms with E-state index in [0.29, 0.717) is 5.69 Å². The molecular weight excluding hydrogens is 360 g/mol. The zero-order chi connectivity index (χ0) is 18.4. The number of aryl methyl sites for hydroxylation is 1. The van der Waals surface area contributed by atoms with Crippen molar-refractivity contribution < 1.29 is 18.3 Å². The van der Waals surface area contributed by atoms with Gasteiger partial charge in [-0.25, -0.2) is 0 Å². The lowest BCUT2D eigenvalue weighted by Crippen LogP contribution is -2.15. The first kappa shape index (κ1) is 19.0. The Morgan fingerprint density at radius 2 is 1.72 bits per heavy atom. The lowest BCUT2D eigenvalue weighted by atomic mass is 10.2. The molecule has 0 aliphatic rings. The van der Waals surface area contributed by atoms with Gasteiger partial charge in [0.1, 0.15) is 0 Å². The maximum absolute atomic E-state index is 12.0. The van der Waals surface area contributed by atoms with Crippen LogP contribution >= 0.6 is 11.8 Å². The number of hydrogen-bond acceptors (Lipinski definition) is 5. The van der Waals surface area contributed by atoms with Gasteiger partial charge in [0.2, 0.25) is 5.91 Å². The molecule has 0 atom stereocenters. The van der Waals surface area contributed by atoms with Crippen molar-refractivity contribution in [1.29, 1.82) is 0 Å². The SMILES string of the molecule is CC([O-])=NS(=O)(=O)c1ccc(NC(=O)CSc2ccc(C)cc2)cc1. The van der Waals surface area contributed by atoms with Crippen LogP contribution in [0.5, 0.6) is 0 Å². The van der Waals surface area contributed by atoms with E-state index in [1.807, 2.05) is 31.2 Å². The average molecular weight is 377 g/mol. The largest absolute Gasteiger partial charge is 0.861 e. The van der Waals surface area contributed by atoms with Crippen molar-refractivity contribution >= 4 is 39.3 Å². The van der Waals surface area contributed by atoms with Crippen LogP contribution in [-0.2, 0) is 14.8 Å². The van der Waals surface area contributed by atoms with Gasteiger partial charge in [-0.15, -0.1) is 11.8 Å². The molecule has 0 bridgehead atoms. The summed E-state index contributed by atoms with van der Waals surface area (Å²) in [5.41, 5.74) is 1.62. The number of nitrogens with one attached hydrogen (secondary N) is 1. The van der Waals surface area contributed by atoms with Crippen molar-refractivity contribution in [2.45, 2.75) is 23.6 Å². The number of anilines is 1. The summed E-state index contributed by atoms with van der Waals surface area (Å²) in [4.78, 5) is 12.9. The second kappa shape index (κ2) is 8.17. The van der Waals surface area contributed by atoms with Gasteiger partial charge in [-0.3, -0.25) is 4.79 Å². The summed E-state index contributed by atoms with van der Waals surface area (Å²) in [6, 6.07) is 13.4. The van der Waals surface area contributed by atoms with E-state index < -0.39 is 15.9 Å². The third-order valence-electron chi connectivity index (χ3n) is 3.08. The highest BCUT2D eigenvalue weighted by molar-refractivity contribution is 8.00. The van der Waals surface area contributed by atoms with E-state index >= 15 is 0 Å². The molecule has 0 saturated heterocycles. The van der Waals surface area contributed by atoms with Crippen LogP contribution in [0.15, 0.2) is 62.7 Å². The van der Waals surface area contributed by atoms with Crippen molar-refractivity contribution in [1.82, 2.24) is 0 Å². The minimum absolute atomic E-state index is 0.102. The van der Waals surface area contributed by atoms with E-state index in [4.69, 9.17) is 0 Å². The van der Waals surface area contributed by atoms with E-state index in [-0.39, 0.29) is 16.6 Å². The first-order chi connectivity index (χ1) is 11.8. The number of amides is 1. The van der Waals surface area contributed by atoms with Gasteiger partial charge in [0, 0.05) is 10.6 Å². The molecule has 1 amide bonds. The van der Waals surface area contributed by atoms with Gasteiger partial charge in [0.15, 0.2) is 0 Å². The molecule has 0 heterocycles. The Labute approximate surface area is 151 Å². The fourth-order valence-electron chi connectivity index (χ4n) is 1.91. The zero-order valence-corrected chi connectivity index (χ0v) is 15.4. The molecule has 6 nitrogen and oxygen atoms in total. The van der Waals surface area contributed by atoms with Gasteiger partial charge < -0.3 is 10.4 Å². The molecule has 132 valence electrons. The number of carbonyl (C=O) groups excluding carboxylic acids is 1. The van der Waals surface area contributed by atoms with Crippen molar-refractivity contribution in [3.05, 3.63) is 54.1 Å². The molecule has 0 aromatic heterocycles. The zero-order valence-electron chi connectivity index (χ0n) is 13.7. The van der Waals surface area contributed by atoms with Crippen molar-refractivity contribution in [2.75, 3.05) is 11.1 Å². The molecule has 2 aromatic carbocycles. The smallest absolute Gasteiger partial charge is 0.281 e. The third kappa shape index (κ3) is 5.91. The fraction of sp³-hybridized carbons (Fsp3) is 0.176. The molecule has 0 unspecified atom stereocenters. The summed E-state index contributed by atoms with van der Waals surface area (Å²) in [5, 5.41) is 13.5. The minimum Gasteiger partial charge on any atom is -0.861 e. The summed E-state index contributed by atoms with van der Waals surface area (Å²) >= 11 is 1.41. The first-order valence-corrected chi connectivity index (χ1v) is 9.77. The summed E-state index contributed by atoms with van der Waals surface area (Å²) in [6.45, 7) is 3.06. The monoisotopic (exact) mass is 377 g/mol. The standard InChI is InChI=1S/C17H18N2O4S2/c1-12-3-7-15(8-4-12)24-11-17(21)18-14-5-9-16(10-6-14)25(22,23)19-13(2)20/h3-10H,11H2,1-2H3,(H,18,21)(H,19,20)/p-1. The Bertz CT molecular complexity index is 870. The Hall–Kier alpha value is -2.32. The number of benzene rings is 2. The molecule has 0 radical (unpaired) electrons. The van der Waals surface area contributed by atoms with Gasteiger partial charge in [-0.05, 0) is 56.1 Å². The lowest BCUT2D eigenvalue weighted by Gasteiger charge is -2.07. The predicted octanol–water partition coefficient (Wildman–Crippen LogP) is 2.19. The third-order valence-corrected chi connectivity index (χ3v) is 5.45. The topological polar surface area (TPSA) is 98.7 Å². The number of sulfonamides is 1. The number of carbonyl (C=O) groups is 1. The normalized spacial score (nSPS) is 12.0. The highest BCUT2D eigenvalue weighted by atomic mass is 32.2. The fourth-order valence-corrected chi connectivity index (χ4v) is 3.54. The molecule has 0 fully saturated rings. The van der Waals surface area contributed by atoms with Crippen LogP contribution in [0, 0.1) is 6.92 Å². The second-order valence-corrected chi connectivity index (χ2v) is 7.91. The first-order valence-electron chi connectivity index (χ1n) is 7.34. The number of rotatable bonds is 6. The molecule has 25 heavy (non-hydrogen) atoms. The molecule has 0 saturated carbocycles. The summed E-state index contributed by atoms with van der Waals surface area (Å²) < 4.78 is 26.6. The maximum Gasteiger partial charge on any atom is 0.281 e. The van der Waals surface area contributed by atoms with E-state index in [9.17, 15) is 18.3 Å². The number of nitrogens with zero attached hydrogens (tertiary/aromatic N) is 1. The van der Waals surface area contributed by atoms with Gasteiger partial charge in [-0.2, -0.15) is 12.8 Å². The molecule has 1 N–H and O–H groups in total. The highest BCUT2D eigenvalue weighted by Crippen LogP contribution is 2.20. The van der Waals surface area contributed by atoms with Crippen molar-refractivity contribution in [3.8, 4) is 0 Å². The number of thioether (sulfide) groups is 1. The van der Waals surface area contributed by atoms with Crippen molar-refractivity contribution in [3.63, 3.8) is 0 Å². The van der Waals surface area contributed by atoms with Gasteiger partial charge in [0.05, 0.1) is 10.6 Å². The van der Waals surface area contributed by atoms with E-state index in [2.05, 4.69) is 9.71 Å². The van der Waals surface area contributed by atoms with Crippen LogP contribution in [0.1, 0.15) is 12.5 Å². The van der Waals surface area contributed by atoms with Gasteiger partial charge >= 0.3 is 0 Å². The van der Waals surface area contributed by atoms with Crippen LogP contribution in [0.25, 0.3) is 0 Å². The van der Waals surface area contributed by atoms with E-state index in [0.717, 1.165) is 17.4 Å².